The summed E-state index contributed by atoms with van der Waals surface area (Å²) in [4.78, 5) is 29.2. The Hall–Kier alpha value is -3.14. The molecule has 0 aliphatic carbocycles. The summed E-state index contributed by atoms with van der Waals surface area (Å²) < 4.78 is 20.5. The van der Waals surface area contributed by atoms with Gasteiger partial charge < -0.3 is 25.7 Å². The molecule has 0 bridgehead atoms. The Morgan fingerprint density at radius 1 is 1.60 bits per heavy atom. The van der Waals surface area contributed by atoms with Crippen molar-refractivity contribution in [2.75, 3.05) is 25.0 Å². The molecule has 0 radical (unpaired) electrons. The highest BCUT2D eigenvalue weighted by Gasteiger charge is 2.33. The van der Waals surface area contributed by atoms with Crippen LogP contribution < -0.4 is 15.8 Å². The predicted molar refractivity (Wildman–Crippen MR) is 115 cm³/mol. The Bertz CT molecular complexity index is 991. The molecule has 1 fully saturated rings. The largest absolute Gasteiger partial charge is 0.469 e. The Kier molecular flexibility index (Phi) is 6.88. The first kappa shape index (κ1) is 21.6. The summed E-state index contributed by atoms with van der Waals surface area (Å²) in [6, 6.07) is 0. The van der Waals surface area contributed by atoms with Crippen molar-refractivity contribution in [2.24, 2.45) is 10.7 Å². The number of H-pyrrole nitrogens is 1. The number of piperidine rings is 1. The number of aromatic amines is 1. The second-order valence-corrected chi connectivity index (χ2v) is 6.94. The van der Waals surface area contributed by atoms with E-state index in [1.807, 2.05) is 6.92 Å². The molecule has 9 nitrogen and oxygen atoms in total. The first-order valence-corrected chi connectivity index (χ1v) is 9.80. The van der Waals surface area contributed by atoms with E-state index < -0.39 is 12.3 Å². The number of hydrogen-bond acceptors (Lipinski definition) is 7. The van der Waals surface area contributed by atoms with E-state index in [-0.39, 0.29) is 30.7 Å². The first-order chi connectivity index (χ1) is 14.5. The average molecular weight is 436 g/mol. The van der Waals surface area contributed by atoms with Gasteiger partial charge in [-0.2, -0.15) is 9.97 Å². The standard InChI is InChI=1S/C19H23ClFN7O2/c1-3-15(29)28-6-5-13(21)14(10-28)30-18-16-12(20)9-24-17(16)26-19(27-18)25-11(7-22)8-23-4-2/h3,7-9,13-14H,1,4-6,10,22H2,2H3,(H2,24,25,26,27)/t13-,14-/m0/s1. The topological polar surface area (TPSA) is 122 Å². The zero-order valence-corrected chi connectivity index (χ0v) is 17.2. The van der Waals surface area contributed by atoms with Crippen molar-refractivity contribution in [3.05, 3.63) is 35.8 Å². The van der Waals surface area contributed by atoms with E-state index in [2.05, 4.69) is 31.8 Å². The molecule has 1 aliphatic heterocycles. The van der Waals surface area contributed by atoms with Crippen LogP contribution in [0.2, 0.25) is 5.02 Å². The number of likely N-dealkylation sites (tertiary alicyclic amines) is 1. The van der Waals surface area contributed by atoms with E-state index in [1.165, 1.54) is 23.4 Å². The average Bonchev–Trinajstić information content (AvgIpc) is 3.12. The number of alkyl halides is 1. The SMILES string of the molecule is C=CC(=O)N1CC[C@H](F)[C@@H](Oc2nc(NC(C=NCC)=CN)nc3[nH]cc(Cl)c23)C1. The number of ether oxygens (including phenoxy) is 1. The fourth-order valence-corrected chi connectivity index (χ4v) is 3.24. The number of fused-ring (bicyclic) bond motifs is 1. The number of allylic oxidation sites excluding steroid dienone is 1. The lowest BCUT2D eigenvalue weighted by atomic mass is 10.1. The van der Waals surface area contributed by atoms with Crippen molar-refractivity contribution in [3.8, 4) is 5.88 Å². The Morgan fingerprint density at radius 3 is 3.10 bits per heavy atom. The van der Waals surface area contributed by atoms with Crippen molar-refractivity contribution >= 4 is 40.7 Å². The Morgan fingerprint density at radius 2 is 2.40 bits per heavy atom. The minimum atomic E-state index is -1.27. The maximum absolute atomic E-state index is 14.6. The van der Waals surface area contributed by atoms with E-state index >= 15 is 0 Å². The lowest BCUT2D eigenvalue weighted by molar-refractivity contribution is -0.130. The number of aliphatic imine (C=N–C) groups is 1. The van der Waals surface area contributed by atoms with Crippen LogP contribution in [0.1, 0.15) is 13.3 Å². The van der Waals surface area contributed by atoms with Gasteiger partial charge >= 0.3 is 0 Å². The van der Waals surface area contributed by atoms with E-state index in [1.54, 1.807) is 6.21 Å². The smallest absolute Gasteiger partial charge is 0.246 e. The number of aromatic nitrogens is 3. The quantitative estimate of drug-likeness (QED) is 0.453. The zero-order valence-electron chi connectivity index (χ0n) is 16.4. The highest BCUT2D eigenvalue weighted by atomic mass is 35.5. The molecule has 0 saturated carbocycles. The Balaban J connectivity index is 1.91. The van der Waals surface area contributed by atoms with Crippen LogP contribution in [0.4, 0.5) is 10.3 Å². The number of carbonyl (C=O) groups is 1. The molecule has 30 heavy (non-hydrogen) atoms. The second-order valence-electron chi connectivity index (χ2n) is 6.54. The third kappa shape index (κ3) is 4.70. The van der Waals surface area contributed by atoms with Crippen molar-refractivity contribution in [3.63, 3.8) is 0 Å². The molecular weight excluding hydrogens is 413 g/mol. The molecule has 0 unspecified atom stereocenters. The monoisotopic (exact) mass is 435 g/mol. The number of amides is 1. The molecule has 2 aromatic rings. The van der Waals surface area contributed by atoms with Crippen LogP contribution in [0, 0.1) is 0 Å². The fourth-order valence-electron chi connectivity index (χ4n) is 3.01. The number of carbonyl (C=O) groups excluding carboxylic acids is 1. The third-order valence-electron chi connectivity index (χ3n) is 4.53. The normalized spacial score (nSPS) is 20.0. The van der Waals surface area contributed by atoms with E-state index in [9.17, 15) is 9.18 Å². The molecule has 3 heterocycles. The maximum atomic E-state index is 14.6. The number of rotatable bonds is 7. The van der Waals surface area contributed by atoms with Crippen LogP contribution in [-0.4, -0.2) is 63.9 Å². The molecule has 0 spiro atoms. The Labute approximate surface area is 177 Å². The second kappa shape index (κ2) is 9.57. The minimum Gasteiger partial charge on any atom is -0.469 e. The summed E-state index contributed by atoms with van der Waals surface area (Å²) in [6.07, 6.45) is 3.58. The van der Waals surface area contributed by atoms with Gasteiger partial charge in [-0.05, 0) is 19.4 Å². The summed E-state index contributed by atoms with van der Waals surface area (Å²) in [5, 5.41) is 3.69. The van der Waals surface area contributed by atoms with Crippen LogP contribution in [0.15, 0.2) is 35.7 Å². The zero-order chi connectivity index (χ0) is 21.7. The minimum absolute atomic E-state index is 0.0689. The van der Waals surface area contributed by atoms with Crippen molar-refractivity contribution in [1.82, 2.24) is 19.9 Å². The molecule has 1 amide bonds. The summed E-state index contributed by atoms with van der Waals surface area (Å²) in [5.41, 5.74) is 6.49. The van der Waals surface area contributed by atoms with E-state index in [4.69, 9.17) is 22.1 Å². The van der Waals surface area contributed by atoms with Crippen molar-refractivity contribution in [1.29, 1.82) is 0 Å². The van der Waals surface area contributed by atoms with Gasteiger partial charge in [0, 0.05) is 31.7 Å². The number of nitrogens with zero attached hydrogens (tertiary/aromatic N) is 4. The van der Waals surface area contributed by atoms with Gasteiger partial charge in [-0.1, -0.05) is 18.2 Å². The van der Waals surface area contributed by atoms with Crippen molar-refractivity contribution in [2.45, 2.75) is 25.6 Å². The van der Waals surface area contributed by atoms with Crippen LogP contribution in [-0.2, 0) is 4.79 Å². The summed E-state index contributed by atoms with van der Waals surface area (Å²) in [7, 11) is 0. The number of halogens is 2. The maximum Gasteiger partial charge on any atom is 0.246 e. The number of nitrogens with two attached hydrogens (primary N) is 1. The van der Waals surface area contributed by atoms with Gasteiger partial charge in [0.05, 0.1) is 22.7 Å². The predicted octanol–water partition coefficient (Wildman–Crippen LogP) is 2.42. The molecule has 3 rings (SSSR count). The third-order valence-corrected chi connectivity index (χ3v) is 4.82. The number of anilines is 1. The summed E-state index contributed by atoms with van der Waals surface area (Å²) in [5.74, 6) is -0.0167. The van der Waals surface area contributed by atoms with Crippen LogP contribution in [0.25, 0.3) is 11.0 Å². The highest BCUT2D eigenvalue weighted by molar-refractivity contribution is 6.35. The van der Waals surface area contributed by atoms with Gasteiger partial charge in [-0.3, -0.25) is 9.79 Å². The lowest BCUT2D eigenvalue weighted by Crippen LogP contribution is -2.49. The first-order valence-electron chi connectivity index (χ1n) is 9.42. The van der Waals surface area contributed by atoms with Gasteiger partial charge in [-0.25, -0.2) is 4.39 Å². The van der Waals surface area contributed by atoms with Gasteiger partial charge in [0.15, 0.2) is 0 Å². The summed E-state index contributed by atoms with van der Waals surface area (Å²) in [6.45, 7) is 6.31. The molecule has 1 saturated heterocycles. The van der Waals surface area contributed by atoms with Crippen molar-refractivity contribution < 1.29 is 13.9 Å². The van der Waals surface area contributed by atoms with Gasteiger partial charge in [0.2, 0.25) is 17.7 Å². The molecule has 11 heteroatoms. The van der Waals surface area contributed by atoms with Crippen LogP contribution >= 0.6 is 11.6 Å². The molecule has 160 valence electrons. The molecule has 4 N–H and O–H groups in total. The lowest BCUT2D eigenvalue weighted by Gasteiger charge is -2.34. The van der Waals surface area contributed by atoms with Gasteiger partial charge in [-0.15, -0.1) is 0 Å². The molecular formula is C19H23ClFN7O2. The van der Waals surface area contributed by atoms with Gasteiger partial charge in [0.25, 0.3) is 0 Å². The van der Waals surface area contributed by atoms with Crippen LogP contribution in [0.3, 0.4) is 0 Å². The van der Waals surface area contributed by atoms with E-state index in [0.717, 1.165) is 0 Å². The van der Waals surface area contributed by atoms with E-state index in [0.29, 0.717) is 34.8 Å². The van der Waals surface area contributed by atoms with Crippen LogP contribution in [0.5, 0.6) is 5.88 Å². The fraction of sp³-hybridized carbons (Fsp3) is 0.368. The molecule has 2 aromatic heterocycles. The van der Waals surface area contributed by atoms with Gasteiger partial charge in [0.1, 0.15) is 17.9 Å². The highest BCUT2D eigenvalue weighted by Crippen LogP contribution is 2.32. The molecule has 2 atom stereocenters. The molecule has 1 aliphatic rings. The molecule has 0 aromatic carbocycles. The number of nitrogens with one attached hydrogen (secondary N) is 2. The summed E-state index contributed by atoms with van der Waals surface area (Å²) >= 11 is 6.25. The number of hydrogen-bond donors (Lipinski definition) is 3.